The van der Waals surface area contributed by atoms with Crippen LogP contribution in [0.25, 0.3) is 34.4 Å². The summed E-state index contributed by atoms with van der Waals surface area (Å²) in [5, 5.41) is 9.28. The van der Waals surface area contributed by atoms with E-state index in [1.54, 1.807) is 19.1 Å². The number of rotatable bonds is 4. The van der Waals surface area contributed by atoms with Crippen LogP contribution in [-0.2, 0) is 16.2 Å². The summed E-state index contributed by atoms with van der Waals surface area (Å²) in [7, 11) is -3.99. The van der Waals surface area contributed by atoms with Crippen LogP contribution in [-0.4, -0.2) is 28.5 Å². The van der Waals surface area contributed by atoms with Crippen LogP contribution in [0, 0.1) is 6.92 Å². The summed E-state index contributed by atoms with van der Waals surface area (Å²) in [5.74, 6) is -0.918. The largest absolute Gasteiger partial charge is 0.433 e. The van der Waals surface area contributed by atoms with E-state index in [2.05, 4.69) is 20.1 Å². The average Bonchev–Trinajstić information content (AvgIpc) is 3.25. The molecule has 0 spiro atoms. The molecule has 2 N–H and O–H groups in total. The molecule has 0 aliphatic heterocycles. The molecule has 170 valence electrons. The van der Waals surface area contributed by atoms with Gasteiger partial charge in [0.1, 0.15) is 5.69 Å². The van der Waals surface area contributed by atoms with Crippen molar-refractivity contribution in [1.82, 2.24) is 20.1 Å². The zero-order valence-electron chi connectivity index (χ0n) is 16.6. The van der Waals surface area contributed by atoms with E-state index < -0.39 is 27.7 Å². The number of alkyl halides is 3. The Morgan fingerprint density at radius 2 is 1.73 bits per heavy atom. The Bertz CT molecular complexity index is 1470. The molecule has 0 radical (unpaired) electrons. The lowest BCUT2D eigenvalue weighted by Gasteiger charge is -2.10. The minimum absolute atomic E-state index is 0.0249. The number of primary sulfonamides is 1. The van der Waals surface area contributed by atoms with Gasteiger partial charge in [-0.1, -0.05) is 35.0 Å². The number of halogens is 4. The summed E-state index contributed by atoms with van der Waals surface area (Å²) in [6.07, 6.45) is -4.76. The van der Waals surface area contributed by atoms with Crippen LogP contribution in [0.2, 0.25) is 5.02 Å². The summed E-state index contributed by atoms with van der Waals surface area (Å²) >= 11 is 6.01. The highest BCUT2D eigenvalue weighted by molar-refractivity contribution is 7.89. The van der Waals surface area contributed by atoms with Crippen LogP contribution in [0.15, 0.2) is 57.9 Å². The summed E-state index contributed by atoms with van der Waals surface area (Å²) in [6.45, 7) is 1.71. The lowest BCUT2D eigenvalue weighted by molar-refractivity contribution is -0.141. The van der Waals surface area contributed by atoms with Gasteiger partial charge >= 0.3 is 6.18 Å². The van der Waals surface area contributed by atoms with Crippen molar-refractivity contribution in [3.63, 3.8) is 0 Å². The van der Waals surface area contributed by atoms with Crippen LogP contribution in [0.1, 0.15) is 11.3 Å². The number of nitrogens with two attached hydrogens (primary N) is 1. The van der Waals surface area contributed by atoms with Gasteiger partial charge in [-0.15, -0.1) is 0 Å². The molecule has 0 fully saturated rings. The molecule has 0 bridgehead atoms. The fraction of sp³-hybridized carbons (Fsp3) is 0.100. The standard InChI is InChI=1S/C20H13ClF3N5O3S/c1-10-7-11(5-6-14(10)21)15-9-16(20(22,23)24)27-18(26-15)19-28-17(29-32-19)12-3-2-4-13(8-12)33(25,30)31/h2-9H,1H3,(H2,25,30,31). The molecule has 0 aliphatic carbocycles. The zero-order chi connectivity index (χ0) is 24.0. The van der Waals surface area contributed by atoms with Crippen molar-refractivity contribution in [1.29, 1.82) is 0 Å². The number of aromatic nitrogens is 4. The molecule has 4 rings (SSSR count). The van der Waals surface area contributed by atoms with E-state index in [-0.39, 0.29) is 27.9 Å². The normalized spacial score (nSPS) is 12.2. The first-order valence-corrected chi connectivity index (χ1v) is 11.0. The van der Waals surface area contributed by atoms with Crippen LogP contribution in [0.3, 0.4) is 0 Å². The Kier molecular flexibility index (Phi) is 5.68. The van der Waals surface area contributed by atoms with Crippen molar-refractivity contribution < 1.29 is 26.1 Å². The number of hydrogen-bond donors (Lipinski definition) is 1. The van der Waals surface area contributed by atoms with E-state index in [1.807, 2.05) is 0 Å². The molecule has 0 aliphatic rings. The third kappa shape index (κ3) is 4.87. The van der Waals surface area contributed by atoms with E-state index in [0.29, 0.717) is 16.1 Å². The van der Waals surface area contributed by atoms with Crippen molar-refractivity contribution >= 4 is 21.6 Å². The van der Waals surface area contributed by atoms with Crippen molar-refractivity contribution in [2.24, 2.45) is 5.14 Å². The smallest absolute Gasteiger partial charge is 0.330 e. The number of hydrogen-bond acceptors (Lipinski definition) is 7. The summed E-state index contributed by atoms with van der Waals surface area (Å²) < 4.78 is 68.7. The molecular formula is C20H13ClF3N5O3S. The minimum Gasteiger partial charge on any atom is -0.330 e. The quantitative estimate of drug-likeness (QED) is 0.442. The molecule has 0 unspecified atom stereocenters. The lowest BCUT2D eigenvalue weighted by atomic mass is 10.1. The Balaban J connectivity index is 1.81. The van der Waals surface area contributed by atoms with Crippen LogP contribution in [0.5, 0.6) is 0 Å². The molecule has 33 heavy (non-hydrogen) atoms. The van der Waals surface area contributed by atoms with Gasteiger partial charge in [0.25, 0.3) is 5.89 Å². The average molecular weight is 496 g/mol. The van der Waals surface area contributed by atoms with Gasteiger partial charge in [-0.3, -0.25) is 0 Å². The molecular weight excluding hydrogens is 483 g/mol. The van der Waals surface area contributed by atoms with Gasteiger partial charge in [0.05, 0.1) is 10.6 Å². The predicted octanol–water partition coefficient (Wildman–Crippen LogP) is 4.49. The summed E-state index contributed by atoms with van der Waals surface area (Å²) in [5.41, 5.74) is 0.0236. The molecule has 0 atom stereocenters. The lowest BCUT2D eigenvalue weighted by Crippen LogP contribution is -2.12. The number of benzene rings is 2. The maximum atomic E-state index is 13.5. The summed E-state index contributed by atoms with van der Waals surface area (Å²) in [4.78, 5) is 11.5. The van der Waals surface area contributed by atoms with Crippen molar-refractivity contribution in [2.45, 2.75) is 18.0 Å². The van der Waals surface area contributed by atoms with Gasteiger partial charge in [-0.2, -0.15) is 18.2 Å². The number of aryl methyl sites for hydroxylation is 1. The summed E-state index contributed by atoms with van der Waals surface area (Å²) in [6, 6.07) is 10.8. The van der Waals surface area contributed by atoms with Gasteiger partial charge in [0, 0.05) is 16.1 Å². The molecule has 4 aromatic rings. The van der Waals surface area contributed by atoms with E-state index in [4.69, 9.17) is 21.3 Å². The molecule has 2 aromatic carbocycles. The Morgan fingerprint density at radius 3 is 2.39 bits per heavy atom. The zero-order valence-corrected chi connectivity index (χ0v) is 18.2. The molecule has 8 nitrogen and oxygen atoms in total. The number of nitrogens with zero attached hydrogens (tertiary/aromatic N) is 4. The highest BCUT2D eigenvalue weighted by Gasteiger charge is 2.34. The van der Waals surface area contributed by atoms with Gasteiger partial charge in [-0.05, 0) is 42.8 Å². The Labute approximate surface area is 190 Å². The van der Waals surface area contributed by atoms with Crippen LogP contribution >= 0.6 is 11.6 Å². The molecule has 0 saturated carbocycles. The third-order valence-corrected chi connectivity index (χ3v) is 5.84. The van der Waals surface area contributed by atoms with E-state index in [9.17, 15) is 21.6 Å². The van der Waals surface area contributed by atoms with E-state index >= 15 is 0 Å². The second-order valence-electron chi connectivity index (χ2n) is 6.92. The minimum atomic E-state index is -4.76. The highest BCUT2D eigenvalue weighted by Crippen LogP contribution is 2.33. The van der Waals surface area contributed by atoms with Crippen molar-refractivity contribution in [3.05, 3.63) is 64.8 Å². The second-order valence-corrected chi connectivity index (χ2v) is 8.89. The first kappa shape index (κ1) is 22.8. The SMILES string of the molecule is Cc1cc(-c2cc(C(F)(F)F)nc(-c3nc(-c4cccc(S(N)(=O)=O)c4)no3)n2)ccc1Cl. The van der Waals surface area contributed by atoms with Crippen LogP contribution in [0.4, 0.5) is 13.2 Å². The molecule has 0 amide bonds. The van der Waals surface area contributed by atoms with Gasteiger partial charge in [0.15, 0.2) is 0 Å². The van der Waals surface area contributed by atoms with E-state index in [0.717, 1.165) is 6.07 Å². The fourth-order valence-corrected chi connectivity index (χ4v) is 3.56. The van der Waals surface area contributed by atoms with Gasteiger partial charge < -0.3 is 4.52 Å². The van der Waals surface area contributed by atoms with Crippen molar-refractivity contribution in [3.8, 4) is 34.4 Å². The maximum absolute atomic E-state index is 13.5. The number of sulfonamides is 1. The molecule has 2 aromatic heterocycles. The topological polar surface area (TPSA) is 125 Å². The van der Waals surface area contributed by atoms with Crippen LogP contribution < -0.4 is 5.14 Å². The second kappa shape index (κ2) is 8.21. The first-order valence-electron chi connectivity index (χ1n) is 9.12. The van der Waals surface area contributed by atoms with Gasteiger partial charge in [0.2, 0.25) is 21.7 Å². The van der Waals surface area contributed by atoms with Gasteiger partial charge in [-0.25, -0.2) is 23.5 Å². The predicted molar refractivity (Wildman–Crippen MR) is 112 cm³/mol. The highest BCUT2D eigenvalue weighted by atomic mass is 35.5. The maximum Gasteiger partial charge on any atom is 0.433 e. The van der Waals surface area contributed by atoms with E-state index in [1.165, 1.54) is 30.3 Å². The Hall–Kier alpha value is -3.35. The monoisotopic (exact) mass is 495 g/mol. The molecule has 13 heteroatoms. The first-order chi connectivity index (χ1) is 15.4. The van der Waals surface area contributed by atoms with Crippen molar-refractivity contribution in [2.75, 3.05) is 0 Å². The molecule has 0 saturated heterocycles. The molecule has 2 heterocycles. The third-order valence-electron chi connectivity index (χ3n) is 4.51. The fourth-order valence-electron chi connectivity index (χ4n) is 2.88. The Morgan fingerprint density at radius 1 is 0.970 bits per heavy atom.